The summed E-state index contributed by atoms with van der Waals surface area (Å²) >= 11 is 0. The fraction of sp³-hybridized carbons (Fsp3) is 0.455. The molecule has 0 aliphatic heterocycles. The zero-order chi connectivity index (χ0) is 16.2. The molecule has 0 saturated carbocycles. The largest absolute Gasteiger partial charge is 0.574 e. The SMILES string of the molecule is CCOC(=O)c1c(C(F)F)cc(OC(F)(F)F)nc1OC. The number of aromatic nitrogens is 1. The number of nitrogens with zero attached hydrogens (tertiary/aromatic N) is 1. The van der Waals surface area contributed by atoms with Gasteiger partial charge < -0.3 is 14.2 Å². The highest BCUT2D eigenvalue weighted by molar-refractivity contribution is 5.93. The normalized spacial score (nSPS) is 11.4. The minimum absolute atomic E-state index is 0.120. The molecule has 0 aromatic carbocycles. The number of hydrogen-bond acceptors (Lipinski definition) is 5. The molecule has 0 amide bonds. The van der Waals surface area contributed by atoms with Crippen molar-refractivity contribution in [3.8, 4) is 11.8 Å². The van der Waals surface area contributed by atoms with Gasteiger partial charge in [0.2, 0.25) is 11.8 Å². The van der Waals surface area contributed by atoms with Gasteiger partial charge in [-0.05, 0) is 6.92 Å². The Morgan fingerprint density at radius 3 is 2.43 bits per heavy atom. The predicted octanol–water partition coefficient (Wildman–Crippen LogP) is 3.10. The van der Waals surface area contributed by atoms with Crippen molar-refractivity contribution in [2.75, 3.05) is 13.7 Å². The Balaban J connectivity index is 3.39. The quantitative estimate of drug-likeness (QED) is 0.617. The lowest BCUT2D eigenvalue weighted by atomic mass is 10.1. The summed E-state index contributed by atoms with van der Waals surface area (Å²) in [6.07, 6.45) is -8.38. The molecule has 0 aliphatic rings. The third-order valence-corrected chi connectivity index (χ3v) is 2.12. The second-order valence-corrected chi connectivity index (χ2v) is 3.50. The van der Waals surface area contributed by atoms with Crippen LogP contribution in [-0.2, 0) is 4.74 Å². The van der Waals surface area contributed by atoms with Gasteiger partial charge in [-0.25, -0.2) is 13.6 Å². The van der Waals surface area contributed by atoms with Crippen molar-refractivity contribution in [1.82, 2.24) is 4.98 Å². The van der Waals surface area contributed by atoms with E-state index in [1.165, 1.54) is 6.92 Å². The summed E-state index contributed by atoms with van der Waals surface area (Å²) in [6, 6.07) is 0.312. The van der Waals surface area contributed by atoms with Crippen molar-refractivity contribution in [3.05, 3.63) is 17.2 Å². The fourth-order valence-electron chi connectivity index (χ4n) is 1.42. The highest BCUT2D eigenvalue weighted by atomic mass is 19.4. The number of pyridine rings is 1. The van der Waals surface area contributed by atoms with Gasteiger partial charge in [0.05, 0.1) is 13.7 Å². The van der Waals surface area contributed by atoms with E-state index in [4.69, 9.17) is 0 Å². The summed E-state index contributed by atoms with van der Waals surface area (Å²) in [4.78, 5) is 14.8. The van der Waals surface area contributed by atoms with Gasteiger partial charge in [-0.3, -0.25) is 0 Å². The topological polar surface area (TPSA) is 57.7 Å². The molecule has 0 atom stereocenters. The molecular formula is C11H10F5NO4. The number of halogens is 5. The van der Waals surface area contributed by atoms with Crippen LogP contribution in [0.2, 0.25) is 0 Å². The molecule has 118 valence electrons. The molecule has 0 unspecified atom stereocenters. The first kappa shape index (κ1) is 16.9. The molecule has 5 nitrogen and oxygen atoms in total. The van der Waals surface area contributed by atoms with E-state index in [-0.39, 0.29) is 6.61 Å². The molecule has 10 heteroatoms. The summed E-state index contributed by atoms with van der Waals surface area (Å²) in [5, 5.41) is 0. The third-order valence-electron chi connectivity index (χ3n) is 2.12. The van der Waals surface area contributed by atoms with Crippen LogP contribution in [0.3, 0.4) is 0 Å². The van der Waals surface area contributed by atoms with Crippen molar-refractivity contribution >= 4 is 5.97 Å². The molecule has 1 rings (SSSR count). The molecule has 1 aromatic rings. The summed E-state index contributed by atoms with van der Waals surface area (Å²) in [6.45, 7) is 1.31. The van der Waals surface area contributed by atoms with Crippen LogP contribution in [0.5, 0.6) is 11.8 Å². The van der Waals surface area contributed by atoms with Crippen molar-refractivity contribution in [2.24, 2.45) is 0 Å². The summed E-state index contributed by atoms with van der Waals surface area (Å²) in [5.74, 6) is -3.09. The number of esters is 1. The number of rotatable bonds is 5. The molecule has 21 heavy (non-hydrogen) atoms. The Hall–Kier alpha value is -2.13. The maximum Gasteiger partial charge on any atom is 0.574 e. The van der Waals surface area contributed by atoms with Crippen molar-refractivity contribution in [1.29, 1.82) is 0 Å². The van der Waals surface area contributed by atoms with Gasteiger partial charge in [-0.1, -0.05) is 0 Å². The number of hydrogen-bond donors (Lipinski definition) is 0. The zero-order valence-corrected chi connectivity index (χ0v) is 10.8. The van der Waals surface area contributed by atoms with Crippen molar-refractivity contribution in [3.63, 3.8) is 0 Å². The highest BCUT2D eigenvalue weighted by Gasteiger charge is 2.34. The van der Waals surface area contributed by atoms with Gasteiger partial charge in [-0.15, -0.1) is 13.2 Å². The lowest BCUT2D eigenvalue weighted by Crippen LogP contribution is -2.19. The van der Waals surface area contributed by atoms with Gasteiger partial charge >= 0.3 is 12.3 Å². The first-order valence-electron chi connectivity index (χ1n) is 5.49. The van der Waals surface area contributed by atoms with E-state index >= 15 is 0 Å². The van der Waals surface area contributed by atoms with E-state index in [0.29, 0.717) is 6.07 Å². The molecule has 0 N–H and O–H groups in total. The first-order valence-corrected chi connectivity index (χ1v) is 5.49. The van der Waals surface area contributed by atoms with E-state index in [1.807, 2.05) is 0 Å². The van der Waals surface area contributed by atoms with Gasteiger partial charge in [0, 0.05) is 11.6 Å². The minimum Gasteiger partial charge on any atom is -0.480 e. The van der Waals surface area contributed by atoms with Gasteiger partial charge in [-0.2, -0.15) is 4.98 Å². The monoisotopic (exact) mass is 315 g/mol. The highest BCUT2D eigenvalue weighted by Crippen LogP contribution is 2.34. The van der Waals surface area contributed by atoms with Crippen LogP contribution in [0.4, 0.5) is 22.0 Å². The third kappa shape index (κ3) is 4.43. The molecule has 0 bridgehead atoms. The van der Waals surface area contributed by atoms with Crippen LogP contribution in [-0.4, -0.2) is 31.0 Å². The van der Waals surface area contributed by atoms with Crippen LogP contribution in [0, 0.1) is 0 Å². The maximum absolute atomic E-state index is 12.9. The number of alkyl halides is 5. The number of ether oxygens (including phenoxy) is 3. The van der Waals surface area contributed by atoms with E-state index in [2.05, 4.69) is 19.2 Å². The average molecular weight is 315 g/mol. The van der Waals surface area contributed by atoms with Gasteiger partial charge in [0.25, 0.3) is 6.43 Å². The Labute approximate surface area is 115 Å². The number of carbonyl (C=O) groups excluding carboxylic acids is 1. The summed E-state index contributed by atoms with van der Waals surface area (Å²) in [5.41, 5.74) is -1.77. The Morgan fingerprint density at radius 1 is 1.38 bits per heavy atom. The smallest absolute Gasteiger partial charge is 0.480 e. The van der Waals surface area contributed by atoms with Crippen LogP contribution in [0.15, 0.2) is 6.07 Å². The van der Waals surface area contributed by atoms with Crippen LogP contribution in [0.25, 0.3) is 0 Å². The lowest BCUT2D eigenvalue weighted by molar-refractivity contribution is -0.276. The zero-order valence-electron chi connectivity index (χ0n) is 10.8. The number of methoxy groups -OCH3 is 1. The van der Waals surface area contributed by atoms with Crippen LogP contribution >= 0.6 is 0 Å². The van der Waals surface area contributed by atoms with Crippen LogP contribution < -0.4 is 9.47 Å². The second-order valence-electron chi connectivity index (χ2n) is 3.50. The molecule has 1 aromatic heterocycles. The molecule has 0 fully saturated rings. The van der Waals surface area contributed by atoms with Gasteiger partial charge in [0.1, 0.15) is 5.56 Å². The predicted molar refractivity (Wildman–Crippen MR) is 58.4 cm³/mol. The second kappa shape index (κ2) is 6.55. The maximum atomic E-state index is 12.9. The van der Waals surface area contributed by atoms with Crippen molar-refractivity contribution < 1.29 is 41.0 Å². The summed E-state index contributed by atoms with van der Waals surface area (Å²) < 4.78 is 74.7. The van der Waals surface area contributed by atoms with Crippen molar-refractivity contribution in [2.45, 2.75) is 19.7 Å². The summed E-state index contributed by atoms with van der Waals surface area (Å²) in [7, 11) is 0.956. The standard InChI is InChI=1S/C11H10F5NO4/c1-3-20-10(18)7-5(8(12)13)4-6(17-9(7)19-2)21-11(14,15)16/h4,8H,3H2,1-2H3. The molecule has 0 aliphatic carbocycles. The van der Waals surface area contributed by atoms with Gasteiger partial charge in [0.15, 0.2) is 0 Å². The molecular weight excluding hydrogens is 305 g/mol. The van der Waals surface area contributed by atoms with E-state index in [0.717, 1.165) is 7.11 Å². The van der Waals surface area contributed by atoms with E-state index in [9.17, 15) is 26.7 Å². The van der Waals surface area contributed by atoms with E-state index < -0.39 is 41.6 Å². The molecule has 1 heterocycles. The molecule has 0 saturated heterocycles. The van der Waals surface area contributed by atoms with E-state index in [1.54, 1.807) is 0 Å². The Bertz CT molecular complexity index is 518. The minimum atomic E-state index is -5.12. The Morgan fingerprint density at radius 2 is 2.00 bits per heavy atom. The lowest BCUT2D eigenvalue weighted by Gasteiger charge is -2.15. The molecule has 0 spiro atoms. The average Bonchev–Trinajstić information content (AvgIpc) is 2.35. The first-order chi connectivity index (χ1) is 9.69. The Kier molecular flexibility index (Phi) is 5.28. The molecule has 0 radical (unpaired) electrons. The van der Waals surface area contributed by atoms with Crippen LogP contribution in [0.1, 0.15) is 29.3 Å². The fourth-order valence-corrected chi connectivity index (χ4v) is 1.42. The number of carbonyl (C=O) groups is 1.